The normalized spacial score (nSPS) is 7.75. The molecule has 1 radical (unpaired) electrons. The second kappa shape index (κ2) is 9.92. The van der Waals surface area contributed by atoms with E-state index < -0.39 is 0 Å². The third-order valence-corrected chi connectivity index (χ3v) is 1.61. The molecule has 0 bridgehead atoms. The van der Waals surface area contributed by atoms with Gasteiger partial charge in [0.25, 0.3) is 0 Å². The fourth-order valence-corrected chi connectivity index (χ4v) is 0.949. The first-order valence-corrected chi connectivity index (χ1v) is 4.51. The Morgan fingerprint density at radius 1 is 1.00 bits per heavy atom. The molecule has 0 atom stereocenters. The zero-order chi connectivity index (χ0) is 9.07. The summed E-state index contributed by atoms with van der Waals surface area (Å²) in [4.78, 5) is 0. The van der Waals surface area contributed by atoms with Gasteiger partial charge in [-0.3, -0.25) is 0 Å². The Bertz CT molecular complexity index is 197. The van der Waals surface area contributed by atoms with Crippen molar-refractivity contribution in [1.82, 2.24) is 0 Å². The van der Waals surface area contributed by atoms with Crippen molar-refractivity contribution in [1.29, 1.82) is 0 Å². The van der Waals surface area contributed by atoms with Gasteiger partial charge in [0.1, 0.15) is 0 Å². The van der Waals surface area contributed by atoms with E-state index in [2.05, 4.69) is 24.7 Å². The number of rotatable bonds is 5. The van der Waals surface area contributed by atoms with Gasteiger partial charge < -0.3 is 0 Å². The molecule has 0 aromatic heterocycles. The van der Waals surface area contributed by atoms with Gasteiger partial charge in [-0.2, -0.15) is 0 Å². The molecule has 0 N–H and O–H groups in total. The third-order valence-electron chi connectivity index (χ3n) is 1.61. The predicted molar refractivity (Wildman–Crippen MR) is 49.6 cm³/mol. The maximum Gasteiger partial charge on any atom is 0.186 e. The van der Waals surface area contributed by atoms with Crippen LogP contribution in [0.2, 0.25) is 0 Å². The Hall–Kier alpha value is -1.08. The Balaban J connectivity index is 3.10. The van der Waals surface area contributed by atoms with Crippen molar-refractivity contribution in [2.75, 3.05) is 0 Å². The van der Waals surface area contributed by atoms with Gasteiger partial charge in [0, 0.05) is 12.3 Å². The van der Waals surface area contributed by atoms with E-state index in [1.165, 1.54) is 31.8 Å². The van der Waals surface area contributed by atoms with Crippen LogP contribution in [0.1, 0.15) is 45.4 Å². The zero-order valence-corrected chi connectivity index (χ0v) is 7.65. The van der Waals surface area contributed by atoms with Crippen LogP contribution in [0.3, 0.4) is 0 Å². The second-order valence-electron chi connectivity index (χ2n) is 2.69. The molecule has 0 aliphatic rings. The highest BCUT2D eigenvalue weighted by molar-refractivity contribution is 5.23. The van der Waals surface area contributed by atoms with Crippen LogP contribution in [-0.4, -0.2) is 0 Å². The van der Waals surface area contributed by atoms with Gasteiger partial charge in [-0.25, -0.2) is 5.11 Å². The number of hydrogen-bond acceptors (Lipinski definition) is 0. The third kappa shape index (κ3) is 8.92. The maximum atomic E-state index is 9.64. The van der Waals surface area contributed by atoms with Gasteiger partial charge in [-0.1, -0.05) is 38.5 Å². The highest BCUT2D eigenvalue weighted by Gasteiger charge is 1.85. The lowest BCUT2D eigenvalue weighted by Gasteiger charge is -1.93. The Labute approximate surface area is 75.2 Å². The minimum atomic E-state index is 0.873. The first-order valence-electron chi connectivity index (χ1n) is 4.51. The van der Waals surface area contributed by atoms with Crippen LogP contribution in [0.4, 0.5) is 0 Å². The van der Waals surface area contributed by atoms with E-state index >= 15 is 0 Å². The van der Waals surface area contributed by atoms with Gasteiger partial charge in [0.2, 0.25) is 0 Å². The first-order chi connectivity index (χ1) is 5.91. The first kappa shape index (κ1) is 10.9. The van der Waals surface area contributed by atoms with Gasteiger partial charge in [0.15, 0.2) is 6.11 Å². The Morgan fingerprint density at radius 2 is 1.75 bits per heavy atom. The molecule has 0 saturated heterocycles. The maximum absolute atomic E-state index is 9.64. The van der Waals surface area contributed by atoms with E-state index in [-0.39, 0.29) is 0 Å². The molecule has 0 rings (SSSR count). The quantitative estimate of drug-likeness (QED) is 0.438. The van der Waals surface area contributed by atoms with Gasteiger partial charge >= 0.3 is 0 Å². The summed E-state index contributed by atoms with van der Waals surface area (Å²) in [6.45, 7) is 2.20. The van der Waals surface area contributed by atoms with Crippen molar-refractivity contribution in [2.24, 2.45) is 0 Å². The summed E-state index contributed by atoms with van der Waals surface area (Å²) in [6.07, 6.45) is 8.64. The molecule has 0 unspecified atom stereocenters. The molecule has 0 aliphatic heterocycles. The number of unbranched alkanes of at least 4 members (excludes halogenated alkanes) is 5. The molecule has 0 aromatic carbocycles. The SMILES string of the molecule is CCCCCCCC#CC#C[O]. The summed E-state index contributed by atoms with van der Waals surface area (Å²) in [5.74, 6) is 7.53. The van der Waals surface area contributed by atoms with E-state index in [0.29, 0.717) is 0 Å². The van der Waals surface area contributed by atoms with E-state index in [9.17, 15) is 5.11 Å². The molecule has 0 saturated carbocycles. The predicted octanol–water partition coefficient (Wildman–Crippen LogP) is 2.74. The van der Waals surface area contributed by atoms with Crippen molar-refractivity contribution in [3.63, 3.8) is 0 Å². The van der Waals surface area contributed by atoms with Crippen LogP contribution < -0.4 is 0 Å². The lowest BCUT2D eigenvalue weighted by atomic mass is 10.1. The zero-order valence-electron chi connectivity index (χ0n) is 7.65. The van der Waals surface area contributed by atoms with Crippen molar-refractivity contribution in [2.45, 2.75) is 45.4 Å². The summed E-state index contributed by atoms with van der Waals surface area (Å²) in [6, 6.07) is 0. The summed E-state index contributed by atoms with van der Waals surface area (Å²) in [5.41, 5.74) is 0. The van der Waals surface area contributed by atoms with Gasteiger partial charge in [0.05, 0.1) is 0 Å². The smallest absolute Gasteiger partial charge is 0.186 e. The van der Waals surface area contributed by atoms with Gasteiger partial charge in [-0.05, 0) is 12.3 Å². The molecular formula is C11H15O. The van der Waals surface area contributed by atoms with Crippen LogP contribution in [0.5, 0.6) is 0 Å². The van der Waals surface area contributed by atoms with Gasteiger partial charge in [-0.15, -0.1) is 0 Å². The number of hydrogen-bond donors (Lipinski definition) is 0. The van der Waals surface area contributed by atoms with Crippen molar-refractivity contribution in [3.05, 3.63) is 0 Å². The molecule has 0 aliphatic carbocycles. The minimum Gasteiger partial charge on any atom is -0.223 e. The van der Waals surface area contributed by atoms with Crippen molar-refractivity contribution in [3.8, 4) is 23.9 Å². The molecule has 0 spiro atoms. The van der Waals surface area contributed by atoms with E-state index in [0.717, 1.165) is 12.8 Å². The average molecular weight is 163 g/mol. The summed E-state index contributed by atoms with van der Waals surface area (Å²) < 4.78 is 0. The lowest BCUT2D eigenvalue weighted by molar-refractivity contribution is 0.392. The van der Waals surface area contributed by atoms with Crippen LogP contribution in [0, 0.1) is 23.9 Å². The summed E-state index contributed by atoms with van der Waals surface area (Å²) in [5, 5.41) is 9.64. The molecule has 0 heterocycles. The van der Waals surface area contributed by atoms with E-state index in [4.69, 9.17) is 0 Å². The molecule has 0 fully saturated rings. The van der Waals surface area contributed by atoms with Crippen LogP contribution in [-0.2, 0) is 5.11 Å². The van der Waals surface area contributed by atoms with Crippen LogP contribution in [0.25, 0.3) is 0 Å². The van der Waals surface area contributed by atoms with Crippen LogP contribution >= 0.6 is 0 Å². The molecule has 1 nitrogen and oxygen atoms in total. The average Bonchev–Trinajstić information content (AvgIpc) is 2.10. The Kier molecular flexibility index (Phi) is 9.03. The Morgan fingerprint density at radius 3 is 2.42 bits per heavy atom. The fraction of sp³-hybridized carbons (Fsp3) is 0.636. The standard InChI is InChI=1S/C11H15O/c1-2-3-4-5-6-7-8-9-10-11-12/h2-7H2,1H3. The van der Waals surface area contributed by atoms with E-state index in [1.807, 2.05) is 0 Å². The summed E-state index contributed by atoms with van der Waals surface area (Å²) >= 11 is 0. The fourth-order valence-electron chi connectivity index (χ4n) is 0.949. The minimum absolute atomic E-state index is 0.873. The second-order valence-corrected chi connectivity index (χ2v) is 2.69. The molecule has 65 valence electrons. The van der Waals surface area contributed by atoms with Crippen LogP contribution in [0.15, 0.2) is 0 Å². The largest absolute Gasteiger partial charge is 0.223 e. The highest BCUT2D eigenvalue weighted by atomic mass is 16.2. The molecular weight excluding hydrogens is 148 g/mol. The molecule has 0 aromatic rings. The summed E-state index contributed by atoms with van der Waals surface area (Å²) in [7, 11) is 0. The molecule has 1 heteroatoms. The monoisotopic (exact) mass is 163 g/mol. The highest BCUT2D eigenvalue weighted by Crippen LogP contribution is 2.03. The topological polar surface area (TPSA) is 19.9 Å². The lowest BCUT2D eigenvalue weighted by Crippen LogP contribution is -1.75. The molecule has 12 heavy (non-hydrogen) atoms. The van der Waals surface area contributed by atoms with Crippen molar-refractivity contribution >= 4 is 0 Å². The molecule has 0 amide bonds. The van der Waals surface area contributed by atoms with Crippen molar-refractivity contribution < 1.29 is 5.11 Å². The van der Waals surface area contributed by atoms with E-state index in [1.54, 1.807) is 0 Å².